The van der Waals surface area contributed by atoms with Crippen molar-refractivity contribution in [1.82, 2.24) is 0 Å². The summed E-state index contributed by atoms with van der Waals surface area (Å²) in [6.07, 6.45) is 13.0. The van der Waals surface area contributed by atoms with Crippen LogP contribution in [0, 0.1) is 5.92 Å². The quantitative estimate of drug-likeness (QED) is 0.221. The molecule has 0 aliphatic carbocycles. The molecule has 0 saturated carbocycles. The number of hydrogen-bond acceptors (Lipinski definition) is 3. The molecular formula is C25H45NO2. The van der Waals surface area contributed by atoms with Crippen molar-refractivity contribution in [3.63, 3.8) is 0 Å². The molecule has 2 N–H and O–H groups in total. The first kappa shape index (κ1) is 25.1. The Morgan fingerprint density at radius 2 is 1.32 bits per heavy atom. The zero-order chi connectivity index (χ0) is 20.5. The highest BCUT2D eigenvalue weighted by molar-refractivity contribution is 5.21. The lowest BCUT2D eigenvalue weighted by Crippen LogP contribution is -2.42. The maximum atomic E-state index is 6.56. The molecule has 1 aromatic rings. The second kappa shape index (κ2) is 16.0. The van der Waals surface area contributed by atoms with E-state index in [2.05, 4.69) is 51.1 Å². The Morgan fingerprint density at radius 1 is 0.750 bits per heavy atom. The van der Waals surface area contributed by atoms with E-state index in [0.717, 1.165) is 44.2 Å². The van der Waals surface area contributed by atoms with Crippen molar-refractivity contribution in [2.75, 3.05) is 19.8 Å². The summed E-state index contributed by atoms with van der Waals surface area (Å²) in [6, 6.07) is 10.6. The Morgan fingerprint density at radius 3 is 1.89 bits per heavy atom. The average molecular weight is 392 g/mol. The van der Waals surface area contributed by atoms with Gasteiger partial charge >= 0.3 is 0 Å². The second-order valence-electron chi connectivity index (χ2n) is 7.91. The van der Waals surface area contributed by atoms with E-state index in [0.29, 0.717) is 19.1 Å². The topological polar surface area (TPSA) is 44.5 Å². The van der Waals surface area contributed by atoms with Gasteiger partial charge in [-0.2, -0.15) is 0 Å². The van der Waals surface area contributed by atoms with Crippen molar-refractivity contribution in [3.05, 3.63) is 35.9 Å². The van der Waals surface area contributed by atoms with E-state index in [1.54, 1.807) is 0 Å². The summed E-state index contributed by atoms with van der Waals surface area (Å²) in [5.41, 5.74) is 7.04. The highest BCUT2D eigenvalue weighted by Gasteiger charge is 2.42. The Kier molecular flexibility index (Phi) is 14.3. The molecule has 1 atom stereocenters. The van der Waals surface area contributed by atoms with Crippen molar-refractivity contribution in [2.45, 2.75) is 97.2 Å². The molecule has 0 heterocycles. The Labute approximate surface area is 174 Å². The summed E-state index contributed by atoms with van der Waals surface area (Å²) in [7, 11) is 0. The molecule has 1 rings (SSSR count). The number of benzene rings is 1. The van der Waals surface area contributed by atoms with Crippen LogP contribution in [0.5, 0.6) is 0 Å². The first-order chi connectivity index (χ1) is 13.7. The molecule has 28 heavy (non-hydrogen) atoms. The number of unbranched alkanes of at least 4 members (excludes halogenated alkanes) is 5. The number of hydrogen-bond donors (Lipinski definition) is 1. The van der Waals surface area contributed by atoms with Gasteiger partial charge in [-0.3, -0.25) is 0 Å². The minimum absolute atomic E-state index is 0.336. The van der Waals surface area contributed by atoms with Crippen LogP contribution >= 0.6 is 0 Å². The minimum Gasteiger partial charge on any atom is -0.346 e. The predicted molar refractivity (Wildman–Crippen MR) is 120 cm³/mol. The van der Waals surface area contributed by atoms with Crippen LogP contribution < -0.4 is 5.73 Å². The second-order valence-corrected chi connectivity index (χ2v) is 7.91. The molecule has 1 unspecified atom stereocenters. The van der Waals surface area contributed by atoms with Crippen molar-refractivity contribution >= 4 is 0 Å². The molecule has 0 amide bonds. The molecule has 162 valence electrons. The summed E-state index contributed by atoms with van der Waals surface area (Å²) in [5, 5.41) is 0. The molecule has 1 aromatic carbocycles. The lowest BCUT2D eigenvalue weighted by atomic mass is 9.83. The maximum absolute atomic E-state index is 6.56. The standard InChI is InChI=1S/C25H45NO2/c1-4-7-8-9-10-12-16-24(19-15-20-26)25(27-21-5-2,28-22-6-3)23-17-13-11-14-18-23/h11,13-14,17-18,24H,4-10,12,15-16,19-22,26H2,1-3H3. The van der Waals surface area contributed by atoms with Gasteiger partial charge in [0.25, 0.3) is 0 Å². The smallest absolute Gasteiger partial charge is 0.197 e. The third-order valence-corrected chi connectivity index (χ3v) is 5.42. The molecule has 0 aliphatic rings. The van der Waals surface area contributed by atoms with Gasteiger partial charge in [0.05, 0.1) is 13.2 Å². The summed E-state index contributed by atoms with van der Waals surface area (Å²) in [4.78, 5) is 0. The van der Waals surface area contributed by atoms with Gasteiger partial charge in [-0.15, -0.1) is 0 Å². The Balaban J connectivity index is 3.01. The molecule has 0 aromatic heterocycles. The number of rotatable bonds is 18. The van der Waals surface area contributed by atoms with Gasteiger partial charge in [0.1, 0.15) is 0 Å². The molecule has 3 nitrogen and oxygen atoms in total. The fourth-order valence-electron chi connectivity index (χ4n) is 3.92. The summed E-state index contributed by atoms with van der Waals surface area (Å²) < 4.78 is 13.1. The third-order valence-electron chi connectivity index (χ3n) is 5.42. The lowest BCUT2D eigenvalue weighted by molar-refractivity contribution is -0.281. The highest BCUT2D eigenvalue weighted by atomic mass is 16.7. The number of nitrogens with two attached hydrogens (primary N) is 1. The van der Waals surface area contributed by atoms with Crippen LogP contribution in [0.3, 0.4) is 0 Å². The van der Waals surface area contributed by atoms with Crippen molar-refractivity contribution in [1.29, 1.82) is 0 Å². The largest absolute Gasteiger partial charge is 0.346 e. The van der Waals surface area contributed by atoms with Crippen molar-refractivity contribution in [2.24, 2.45) is 11.7 Å². The van der Waals surface area contributed by atoms with E-state index >= 15 is 0 Å². The van der Waals surface area contributed by atoms with Gasteiger partial charge in [-0.1, -0.05) is 89.6 Å². The molecule has 0 spiro atoms. The van der Waals surface area contributed by atoms with Crippen LogP contribution in [0.4, 0.5) is 0 Å². The van der Waals surface area contributed by atoms with Crippen LogP contribution in [0.25, 0.3) is 0 Å². The van der Waals surface area contributed by atoms with Crippen LogP contribution in [0.15, 0.2) is 30.3 Å². The van der Waals surface area contributed by atoms with Gasteiger partial charge in [-0.25, -0.2) is 0 Å². The minimum atomic E-state index is -0.647. The van der Waals surface area contributed by atoms with Gasteiger partial charge in [0.2, 0.25) is 0 Å². The normalized spacial score (nSPS) is 13.0. The van der Waals surface area contributed by atoms with Crippen LogP contribution in [-0.2, 0) is 15.3 Å². The van der Waals surface area contributed by atoms with Crippen LogP contribution in [0.2, 0.25) is 0 Å². The van der Waals surface area contributed by atoms with Crippen molar-refractivity contribution in [3.8, 4) is 0 Å². The van der Waals surface area contributed by atoms with Gasteiger partial charge in [0, 0.05) is 11.5 Å². The SMILES string of the molecule is CCCCCCCCC(CCCN)C(OCCC)(OCCC)c1ccccc1. The number of ether oxygens (including phenoxy) is 2. The first-order valence-electron chi connectivity index (χ1n) is 11.8. The molecule has 0 radical (unpaired) electrons. The monoisotopic (exact) mass is 391 g/mol. The van der Waals surface area contributed by atoms with E-state index in [4.69, 9.17) is 15.2 Å². The van der Waals surface area contributed by atoms with Crippen LogP contribution in [0.1, 0.15) is 97.0 Å². The lowest BCUT2D eigenvalue weighted by Gasteiger charge is -2.41. The Hall–Kier alpha value is -0.900. The molecule has 0 bridgehead atoms. The van der Waals surface area contributed by atoms with Crippen molar-refractivity contribution < 1.29 is 9.47 Å². The molecule has 0 aliphatic heterocycles. The van der Waals surface area contributed by atoms with E-state index < -0.39 is 5.79 Å². The van der Waals surface area contributed by atoms with Gasteiger partial charge in [0.15, 0.2) is 5.79 Å². The van der Waals surface area contributed by atoms with Gasteiger partial charge < -0.3 is 15.2 Å². The predicted octanol–water partition coefficient (Wildman–Crippen LogP) is 6.80. The van der Waals surface area contributed by atoms with E-state index in [1.807, 2.05) is 0 Å². The highest BCUT2D eigenvalue weighted by Crippen LogP contribution is 2.41. The zero-order valence-corrected chi connectivity index (χ0v) is 18.8. The third kappa shape index (κ3) is 8.63. The summed E-state index contributed by atoms with van der Waals surface area (Å²) >= 11 is 0. The fraction of sp³-hybridized carbons (Fsp3) is 0.760. The Bertz CT molecular complexity index is 455. The maximum Gasteiger partial charge on any atom is 0.197 e. The zero-order valence-electron chi connectivity index (χ0n) is 18.8. The fourth-order valence-corrected chi connectivity index (χ4v) is 3.92. The summed E-state index contributed by atoms with van der Waals surface area (Å²) in [6.45, 7) is 8.76. The van der Waals surface area contributed by atoms with E-state index in [-0.39, 0.29) is 0 Å². The molecule has 0 fully saturated rings. The van der Waals surface area contributed by atoms with E-state index in [9.17, 15) is 0 Å². The first-order valence-corrected chi connectivity index (χ1v) is 11.8. The molecule has 3 heteroatoms. The molecular weight excluding hydrogens is 346 g/mol. The van der Waals surface area contributed by atoms with Gasteiger partial charge in [-0.05, 0) is 38.6 Å². The average Bonchev–Trinajstić information content (AvgIpc) is 2.74. The van der Waals surface area contributed by atoms with E-state index in [1.165, 1.54) is 38.5 Å². The summed E-state index contributed by atoms with van der Waals surface area (Å²) in [5.74, 6) is -0.311. The van der Waals surface area contributed by atoms with Crippen LogP contribution in [-0.4, -0.2) is 19.8 Å². The molecule has 0 saturated heterocycles.